The van der Waals surface area contributed by atoms with E-state index in [1.807, 2.05) is 6.92 Å². The zero-order valence-electron chi connectivity index (χ0n) is 12.9. The number of urea groups is 1. The van der Waals surface area contributed by atoms with Crippen molar-refractivity contribution in [2.24, 2.45) is 11.3 Å². The molecule has 0 spiro atoms. The molecule has 2 aliphatic rings. The summed E-state index contributed by atoms with van der Waals surface area (Å²) < 4.78 is 5.28. The lowest BCUT2D eigenvalue weighted by molar-refractivity contribution is -0.142. The van der Waals surface area contributed by atoms with Crippen molar-refractivity contribution in [3.8, 4) is 0 Å². The summed E-state index contributed by atoms with van der Waals surface area (Å²) in [6.45, 7) is 5.88. The molecule has 0 radical (unpaired) electrons. The number of ether oxygens (including phenoxy) is 1. The Labute approximate surface area is 125 Å². The second-order valence-corrected chi connectivity index (χ2v) is 6.57. The lowest BCUT2D eigenvalue weighted by atomic mass is 9.70. The van der Waals surface area contributed by atoms with Gasteiger partial charge in [-0.05, 0) is 24.7 Å². The van der Waals surface area contributed by atoms with E-state index in [9.17, 15) is 14.7 Å². The monoisotopic (exact) mass is 298 g/mol. The third kappa shape index (κ3) is 3.67. The second-order valence-electron chi connectivity index (χ2n) is 6.57. The zero-order valence-corrected chi connectivity index (χ0v) is 12.9. The van der Waals surface area contributed by atoms with Gasteiger partial charge in [0.2, 0.25) is 0 Å². The van der Waals surface area contributed by atoms with E-state index < -0.39 is 11.9 Å². The maximum absolute atomic E-state index is 12.4. The standard InChI is InChI=1S/C15H26N2O4/c1-3-7-17(12-9-21-8-11(12)13(18)19)14(20)16-10-15(2)5-4-6-15/h11-12H,3-10H2,1-2H3,(H,16,20)(H,18,19). The van der Waals surface area contributed by atoms with Crippen molar-refractivity contribution in [2.75, 3.05) is 26.3 Å². The van der Waals surface area contributed by atoms with E-state index in [4.69, 9.17) is 4.74 Å². The van der Waals surface area contributed by atoms with Gasteiger partial charge in [-0.15, -0.1) is 0 Å². The molecule has 1 heterocycles. The van der Waals surface area contributed by atoms with Crippen molar-refractivity contribution in [1.82, 2.24) is 10.2 Å². The van der Waals surface area contributed by atoms with Gasteiger partial charge < -0.3 is 20.1 Å². The van der Waals surface area contributed by atoms with E-state index in [1.54, 1.807) is 4.90 Å². The molecule has 2 atom stereocenters. The Morgan fingerprint density at radius 1 is 1.38 bits per heavy atom. The summed E-state index contributed by atoms with van der Waals surface area (Å²) in [6, 6.07) is -0.525. The summed E-state index contributed by atoms with van der Waals surface area (Å²) in [6.07, 6.45) is 4.31. The van der Waals surface area contributed by atoms with Crippen LogP contribution in [0.3, 0.4) is 0 Å². The van der Waals surface area contributed by atoms with Crippen LogP contribution in [-0.2, 0) is 9.53 Å². The number of rotatable bonds is 6. The first-order chi connectivity index (χ1) is 9.97. The molecule has 1 saturated heterocycles. The molecule has 2 N–H and O–H groups in total. The number of amides is 2. The number of carbonyl (C=O) groups excluding carboxylic acids is 1. The highest BCUT2D eigenvalue weighted by Crippen LogP contribution is 2.39. The largest absolute Gasteiger partial charge is 0.481 e. The van der Waals surface area contributed by atoms with Gasteiger partial charge in [0.25, 0.3) is 0 Å². The van der Waals surface area contributed by atoms with Gasteiger partial charge in [-0.2, -0.15) is 0 Å². The van der Waals surface area contributed by atoms with E-state index >= 15 is 0 Å². The molecule has 1 saturated carbocycles. The lowest BCUT2D eigenvalue weighted by Gasteiger charge is -2.39. The maximum atomic E-state index is 12.4. The predicted molar refractivity (Wildman–Crippen MR) is 78.1 cm³/mol. The Kier molecular flexibility index (Phi) is 5.08. The number of hydrogen-bond donors (Lipinski definition) is 2. The van der Waals surface area contributed by atoms with Gasteiger partial charge in [0.15, 0.2) is 0 Å². The van der Waals surface area contributed by atoms with Gasteiger partial charge in [0.05, 0.1) is 19.3 Å². The first-order valence-corrected chi connectivity index (χ1v) is 7.82. The van der Waals surface area contributed by atoms with Crippen LogP contribution in [0.15, 0.2) is 0 Å². The molecular weight excluding hydrogens is 272 g/mol. The fraction of sp³-hybridized carbons (Fsp3) is 0.867. The fourth-order valence-electron chi connectivity index (χ4n) is 3.09. The molecule has 1 aliphatic carbocycles. The van der Waals surface area contributed by atoms with Crippen LogP contribution in [0.4, 0.5) is 4.79 Å². The molecule has 2 fully saturated rings. The molecule has 0 aromatic carbocycles. The van der Waals surface area contributed by atoms with Gasteiger partial charge in [0, 0.05) is 13.1 Å². The Morgan fingerprint density at radius 3 is 2.62 bits per heavy atom. The average Bonchev–Trinajstić information content (AvgIpc) is 2.89. The SMILES string of the molecule is CCCN(C(=O)NCC1(C)CCC1)C1COCC1C(=O)O. The Morgan fingerprint density at radius 2 is 2.10 bits per heavy atom. The highest BCUT2D eigenvalue weighted by molar-refractivity contribution is 5.77. The van der Waals surface area contributed by atoms with Crippen LogP contribution in [0.5, 0.6) is 0 Å². The van der Waals surface area contributed by atoms with E-state index in [2.05, 4.69) is 12.2 Å². The summed E-state index contributed by atoms with van der Waals surface area (Å²) in [5, 5.41) is 12.2. The summed E-state index contributed by atoms with van der Waals surface area (Å²) in [4.78, 5) is 25.4. The molecule has 2 unspecified atom stereocenters. The third-order valence-electron chi connectivity index (χ3n) is 4.72. The molecule has 1 aliphatic heterocycles. The molecule has 2 amide bonds. The van der Waals surface area contributed by atoms with Crippen LogP contribution in [0, 0.1) is 11.3 Å². The minimum atomic E-state index is -0.891. The molecule has 21 heavy (non-hydrogen) atoms. The van der Waals surface area contributed by atoms with Crippen molar-refractivity contribution >= 4 is 12.0 Å². The first kappa shape index (κ1) is 16.1. The molecule has 120 valence electrons. The lowest BCUT2D eigenvalue weighted by Crippen LogP contribution is -2.53. The van der Waals surface area contributed by atoms with E-state index in [0.29, 0.717) is 19.7 Å². The summed E-state index contributed by atoms with van der Waals surface area (Å²) in [5.41, 5.74) is 0.214. The normalized spacial score (nSPS) is 27.0. The van der Waals surface area contributed by atoms with Gasteiger partial charge in [-0.25, -0.2) is 4.79 Å². The van der Waals surface area contributed by atoms with Crippen LogP contribution in [0.25, 0.3) is 0 Å². The van der Waals surface area contributed by atoms with E-state index in [-0.39, 0.29) is 24.1 Å². The topological polar surface area (TPSA) is 78.9 Å². The summed E-state index contributed by atoms with van der Waals surface area (Å²) in [5.74, 6) is -1.51. The van der Waals surface area contributed by atoms with Crippen LogP contribution in [-0.4, -0.2) is 54.4 Å². The molecule has 0 bridgehead atoms. The summed E-state index contributed by atoms with van der Waals surface area (Å²) in [7, 11) is 0. The van der Waals surface area contributed by atoms with Gasteiger partial charge in [-0.3, -0.25) is 4.79 Å². The van der Waals surface area contributed by atoms with Gasteiger partial charge in [0.1, 0.15) is 5.92 Å². The van der Waals surface area contributed by atoms with Crippen LogP contribution < -0.4 is 5.32 Å². The fourth-order valence-corrected chi connectivity index (χ4v) is 3.09. The average molecular weight is 298 g/mol. The number of hydrogen-bond acceptors (Lipinski definition) is 3. The highest BCUT2D eigenvalue weighted by Gasteiger charge is 2.40. The molecule has 6 heteroatoms. The number of carboxylic acids is 1. The Hall–Kier alpha value is -1.30. The zero-order chi connectivity index (χ0) is 15.5. The number of carbonyl (C=O) groups is 2. The van der Waals surface area contributed by atoms with Crippen LogP contribution in [0.2, 0.25) is 0 Å². The second kappa shape index (κ2) is 6.64. The maximum Gasteiger partial charge on any atom is 0.317 e. The van der Waals surface area contributed by atoms with Crippen molar-refractivity contribution in [1.29, 1.82) is 0 Å². The van der Waals surface area contributed by atoms with Crippen molar-refractivity contribution < 1.29 is 19.4 Å². The smallest absolute Gasteiger partial charge is 0.317 e. The van der Waals surface area contributed by atoms with E-state index in [0.717, 1.165) is 19.3 Å². The molecule has 2 rings (SSSR count). The molecule has 0 aromatic rings. The van der Waals surface area contributed by atoms with Crippen molar-refractivity contribution in [3.63, 3.8) is 0 Å². The highest BCUT2D eigenvalue weighted by atomic mass is 16.5. The minimum absolute atomic E-state index is 0.160. The van der Waals surface area contributed by atoms with Gasteiger partial charge in [-0.1, -0.05) is 20.3 Å². The quantitative estimate of drug-likeness (QED) is 0.782. The van der Waals surface area contributed by atoms with Crippen LogP contribution >= 0.6 is 0 Å². The third-order valence-corrected chi connectivity index (χ3v) is 4.72. The molecule has 6 nitrogen and oxygen atoms in total. The number of aliphatic carboxylic acids is 1. The number of nitrogens with zero attached hydrogens (tertiary/aromatic N) is 1. The first-order valence-electron chi connectivity index (χ1n) is 7.82. The minimum Gasteiger partial charge on any atom is -0.481 e. The Bertz CT molecular complexity index is 395. The van der Waals surface area contributed by atoms with Crippen LogP contribution in [0.1, 0.15) is 39.5 Å². The van der Waals surface area contributed by atoms with Crippen molar-refractivity contribution in [2.45, 2.75) is 45.6 Å². The van der Waals surface area contributed by atoms with E-state index in [1.165, 1.54) is 6.42 Å². The Balaban J connectivity index is 1.96. The number of carboxylic acid groups (broad SMARTS) is 1. The van der Waals surface area contributed by atoms with Gasteiger partial charge >= 0.3 is 12.0 Å². The predicted octanol–water partition coefficient (Wildman–Crippen LogP) is 1.70. The molecule has 0 aromatic heterocycles. The van der Waals surface area contributed by atoms with Crippen molar-refractivity contribution in [3.05, 3.63) is 0 Å². The number of nitrogens with one attached hydrogen (secondary N) is 1. The summed E-state index contributed by atoms with van der Waals surface area (Å²) >= 11 is 0. The molecular formula is C15H26N2O4.